The first kappa shape index (κ1) is 14.2. The lowest BCUT2D eigenvalue weighted by Gasteiger charge is -2.20. The molecule has 0 aliphatic heterocycles. The zero-order chi connectivity index (χ0) is 14.8. The number of nitrogens with two attached hydrogens (primary N) is 1. The molecule has 0 saturated heterocycles. The second-order valence-corrected chi connectivity index (χ2v) is 4.65. The number of benzene rings is 2. The van der Waals surface area contributed by atoms with E-state index < -0.39 is 11.7 Å². The van der Waals surface area contributed by atoms with Crippen LogP contribution in [-0.2, 0) is 12.7 Å². The maximum atomic E-state index is 12.7. The van der Waals surface area contributed by atoms with Crippen LogP contribution in [0.1, 0.15) is 11.1 Å². The standard InChI is InChI=1S/C15H15F3N2/c1-20(14-7-3-6-13(19)9-14)10-11-4-2-5-12(8-11)15(16,17)18/h2-9H,10,19H2,1H3. The van der Waals surface area contributed by atoms with Crippen LogP contribution in [0.15, 0.2) is 48.5 Å². The van der Waals surface area contributed by atoms with Crippen molar-refractivity contribution in [1.29, 1.82) is 0 Å². The average molecular weight is 280 g/mol. The lowest BCUT2D eigenvalue weighted by atomic mass is 10.1. The summed E-state index contributed by atoms with van der Waals surface area (Å²) in [6.07, 6.45) is -4.31. The minimum atomic E-state index is -4.31. The SMILES string of the molecule is CN(Cc1cccc(C(F)(F)F)c1)c1cccc(N)c1. The third-order valence-electron chi connectivity index (χ3n) is 2.99. The molecule has 2 nitrogen and oxygen atoms in total. The number of hydrogen-bond donors (Lipinski definition) is 1. The largest absolute Gasteiger partial charge is 0.416 e. The number of nitrogen functional groups attached to an aromatic ring is 1. The third kappa shape index (κ3) is 3.44. The molecule has 2 N–H and O–H groups in total. The van der Waals surface area contributed by atoms with Crippen LogP contribution in [-0.4, -0.2) is 7.05 Å². The van der Waals surface area contributed by atoms with Crippen molar-refractivity contribution in [3.63, 3.8) is 0 Å². The summed E-state index contributed by atoms with van der Waals surface area (Å²) in [4.78, 5) is 1.85. The molecule has 20 heavy (non-hydrogen) atoms. The minimum absolute atomic E-state index is 0.382. The van der Waals surface area contributed by atoms with Crippen molar-refractivity contribution in [3.05, 3.63) is 59.7 Å². The van der Waals surface area contributed by atoms with Crippen molar-refractivity contribution in [3.8, 4) is 0 Å². The van der Waals surface area contributed by atoms with Crippen LogP contribution in [0.4, 0.5) is 24.5 Å². The monoisotopic (exact) mass is 280 g/mol. The van der Waals surface area contributed by atoms with E-state index in [9.17, 15) is 13.2 Å². The number of rotatable bonds is 3. The Morgan fingerprint density at radius 1 is 1.05 bits per heavy atom. The molecule has 2 aromatic rings. The predicted octanol–water partition coefficient (Wildman–Crippen LogP) is 3.92. The molecule has 0 fully saturated rings. The van der Waals surface area contributed by atoms with Crippen LogP contribution in [0.3, 0.4) is 0 Å². The van der Waals surface area contributed by atoms with Gasteiger partial charge in [0.2, 0.25) is 0 Å². The van der Waals surface area contributed by atoms with E-state index in [0.29, 0.717) is 17.8 Å². The summed E-state index contributed by atoms with van der Waals surface area (Å²) in [7, 11) is 1.81. The van der Waals surface area contributed by atoms with Gasteiger partial charge in [-0.25, -0.2) is 0 Å². The lowest BCUT2D eigenvalue weighted by molar-refractivity contribution is -0.137. The van der Waals surface area contributed by atoms with E-state index in [1.807, 2.05) is 24.1 Å². The Bertz CT molecular complexity index is 594. The molecular formula is C15H15F3N2. The quantitative estimate of drug-likeness (QED) is 0.863. The predicted molar refractivity (Wildman–Crippen MR) is 74.4 cm³/mol. The molecule has 0 atom stereocenters. The van der Waals surface area contributed by atoms with Crippen molar-refractivity contribution in [2.45, 2.75) is 12.7 Å². The van der Waals surface area contributed by atoms with Crippen molar-refractivity contribution in [2.24, 2.45) is 0 Å². The second-order valence-electron chi connectivity index (χ2n) is 4.65. The zero-order valence-corrected chi connectivity index (χ0v) is 11.0. The summed E-state index contributed by atoms with van der Waals surface area (Å²) in [5.41, 5.74) is 7.16. The fraction of sp³-hybridized carbons (Fsp3) is 0.200. The van der Waals surface area contributed by atoms with E-state index in [1.54, 1.807) is 18.2 Å². The van der Waals surface area contributed by atoms with Crippen molar-refractivity contribution < 1.29 is 13.2 Å². The van der Waals surface area contributed by atoms with E-state index in [-0.39, 0.29) is 0 Å². The smallest absolute Gasteiger partial charge is 0.399 e. The van der Waals surface area contributed by atoms with Gasteiger partial charge in [0.1, 0.15) is 0 Å². The first-order chi connectivity index (χ1) is 9.36. The van der Waals surface area contributed by atoms with Gasteiger partial charge in [-0.3, -0.25) is 0 Å². The van der Waals surface area contributed by atoms with Crippen LogP contribution in [0.25, 0.3) is 0 Å². The first-order valence-electron chi connectivity index (χ1n) is 6.09. The van der Waals surface area contributed by atoms with Gasteiger partial charge in [0.05, 0.1) is 5.56 Å². The van der Waals surface area contributed by atoms with Gasteiger partial charge >= 0.3 is 6.18 Å². The molecule has 0 aliphatic carbocycles. The maximum absolute atomic E-state index is 12.7. The summed E-state index contributed by atoms with van der Waals surface area (Å²) in [6.45, 7) is 0.382. The Morgan fingerprint density at radius 3 is 2.40 bits per heavy atom. The van der Waals surface area contributed by atoms with Crippen molar-refractivity contribution in [2.75, 3.05) is 17.7 Å². The van der Waals surface area contributed by atoms with Gasteiger partial charge in [0.15, 0.2) is 0 Å². The van der Waals surface area contributed by atoms with Gasteiger partial charge in [0.25, 0.3) is 0 Å². The molecule has 0 aromatic heterocycles. The van der Waals surface area contributed by atoms with Crippen molar-refractivity contribution in [1.82, 2.24) is 0 Å². The fourth-order valence-corrected chi connectivity index (χ4v) is 1.97. The lowest BCUT2D eigenvalue weighted by Crippen LogP contribution is -2.17. The first-order valence-corrected chi connectivity index (χ1v) is 6.09. The van der Waals surface area contributed by atoms with Gasteiger partial charge in [-0.05, 0) is 35.9 Å². The van der Waals surface area contributed by atoms with E-state index in [4.69, 9.17) is 5.73 Å². The maximum Gasteiger partial charge on any atom is 0.416 e. The normalized spacial score (nSPS) is 11.4. The van der Waals surface area contributed by atoms with Crippen LogP contribution in [0.5, 0.6) is 0 Å². The van der Waals surface area contributed by atoms with Crippen molar-refractivity contribution >= 4 is 11.4 Å². The summed E-state index contributed by atoms with van der Waals surface area (Å²) in [5.74, 6) is 0. The highest BCUT2D eigenvalue weighted by Gasteiger charge is 2.30. The summed E-state index contributed by atoms with van der Waals surface area (Å²) < 4.78 is 38.0. The molecule has 0 bridgehead atoms. The summed E-state index contributed by atoms with van der Waals surface area (Å²) in [6, 6.07) is 12.6. The Balaban J connectivity index is 2.18. The van der Waals surface area contributed by atoms with Crippen LogP contribution in [0.2, 0.25) is 0 Å². The molecule has 0 saturated carbocycles. The Morgan fingerprint density at radius 2 is 1.75 bits per heavy atom. The molecule has 0 unspecified atom stereocenters. The van der Waals surface area contributed by atoms with Crippen LogP contribution >= 0.6 is 0 Å². The Kier molecular flexibility index (Phi) is 3.88. The van der Waals surface area contributed by atoms with E-state index in [2.05, 4.69) is 0 Å². The Hall–Kier alpha value is -2.17. The molecule has 2 aromatic carbocycles. The molecule has 5 heteroatoms. The van der Waals surface area contributed by atoms with E-state index >= 15 is 0 Å². The molecule has 0 spiro atoms. The molecule has 0 heterocycles. The van der Waals surface area contributed by atoms with Crippen LogP contribution < -0.4 is 10.6 Å². The van der Waals surface area contributed by atoms with Gasteiger partial charge in [-0.1, -0.05) is 18.2 Å². The molecule has 2 rings (SSSR count). The van der Waals surface area contributed by atoms with E-state index in [0.717, 1.165) is 11.8 Å². The molecule has 106 valence electrons. The number of alkyl halides is 3. The highest BCUT2D eigenvalue weighted by molar-refractivity contribution is 5.55. The Labute approximate surface area is 115 Å². The van der Waals surface area contributed by atoms with Crippen LogP contribution in [0, 0.1) is 0 Å². The van der Waals surface area contributed by atoms with Gasteiger partial charge < -0.3 is 10.6 Å². The second kappa shape index (κ2) is 5.45. The number of anilines is 2. The minimum Gasteiger partial charge on any atom is -0.399 e. The molecule has 0 aliphatic rings. The highest BCUT2D eigenvalue weighted by Crippen LogP contribution is 2.30. The summed E-state index contributed by atoms with van der Waals surface area (Å²) in [5, 5.41) is 0. The zero-order valence-electron chi connectivity index (χ0n) is 11.0. The molecule has 0 amide bonds. The van der Waals surface area contributed by atoms with E-state index in [1.165, 1.54) is 12.1 Å². The number of hydrogen-bond acceptors (Lipinski definition) is 2. The molecule has 0 radical (unpaired) electrons. The topological polar surface area (TPSA) is 29.3 Å². The third-order valence-corrected chi connectivity index (χ3v) is 2.99. The van der Waals surface area contributed by atoms with Gasteiger partial charge in [0, 0.05) is 25.0 Å². The highest BCUT2D eigenvalue weighted by atomic mass is 19.4. The number of halogens is 3. The van der Waals surface area contributed by atoms with Gasteiger partial charge in [-0.15, -0.1) is 0 Å². The van der Waals surface area contributed by atoms with Gasteiger partial charge in [-0.2, -0.15) is 13.2 Å². The molecular weight excluding hydrogens is 265 g/mol. The fourth-order valence-electron chi connectivity index (χ4n) is 1.97. The average Bonchev–Trinajstić information content (AvgIpc) is 2.38. The number of nitrogens with zero attached hydrogens (tertiary/aromatic N) is 1. The summed E-state index contributed by atoms with van der Waals surface area (Å²) >= 11 is 0.